The Bertz CT molecular complexity index is 502. The summed E-state index contributed by atoms with van der Waals surface area (Å²) in [5.74, 6) is 0.765. The molecule has 1 heterocycles. The highest BCUT2D eigenvalue weighted by Crippen LogP contribution is 2.37. The Morgan fingerprint density at radius 3 is 2.62 bits per heavy atom. The topological polar surface area (TPSA) is 15.3 Å². The average molecular weight is 307 g/mol. The van der Waals surface area contributed by atoms with Gasteiger partial charge in [0.1, 0.15) is 0 Å². The van der Waals surface area contributed by atoms with Crippen LogP contribution >= 0.6 is 11.6 Å². The Morgan fingerprint density at radius 1 is 1.24 bits per heavy atom. The predicted molar refractivity (Wildman–Crippen MR) is 91.1 cm³/mol. The number of hydrogen-bond donors (Lipinski definition) is 1. The zero-order chi connectivity index (χ0) is 15.0. The Hall–Kier alpha value is -0.730. The summed E-state index contributed by atoms with van der Waals surface area (Å²) >= 11 is 6.25. The van der Waals surface area contributed by atoms with Crippen LogP contribution in [0.1, 0.15) is 45.6 Å². The first-order chi connectivity index (χ1) is 9.93. The molecule has 2 aliphatic rings. The molecular weight excluding hydrogens is 280 g/mol. The fourth-order valence-electron chi connectivity index (χ4n) is 3.21. The second-order valence-corrected chi connectivity index (χ2v) is 8.16. The fourth-order valence-corrected chi connectivity index (χ4v) is 3.37. The minimum atomic E-state index is 0.389. The molecule has 21 heavy (non-hydrogen) atoms. The summed E-state index contributed by atoms with van der Waals surface area (Å²) < 4.78 is 0. The van der Waals surface area contributed by atoms with E-state index in [1.165, 1.54) is 30.5 Å². The Kier molecular flexibility index (Phi) is 4.20. The molecule has 2 nitrogen and oxygen atoms in total. The van der Waals surface area contributed by atoms with Gasteiger partial charge < -0.3 is 10.2 Å². The quantitative estimate of drug-likeness (QED) is 0.883. The summed E-state index contributed by atoms with van der Waals surface area (Å²) in [6.07, 6.45) is 3.95. The van der Waals surface area contributed by atoms with E-state index in [-0.39, 0.29) is 0 Å². The van der Waals surface area contributed by atoms with Gasteiger partial charge in [0.05, 0.1) is 0 Å². The molecule has 0 radical (unpaired) electrons. The van der Waals surface area contributed by atoms with Crippen molar-refractivity contribution in [2.24, 2.45) is 11.3 Å². The van der Waals surface area contributed by atoms with Crippen LogP contribution in [0.15, 0.2) is 18.2 Å². The van der Waals surface area contributed by atoms with Crippen molar-refractivity contribution in [3.8, 4) is 0 Å². The van der Waals surface area contributed by atoms with Gasteiger partial charge in [-0.2, -0.15) is 0 Å². The van der Waals surface area contributed by atoms with Crippen molar-refractivity contribution >= 4 is 17.3 Å². The third-order valence-corrected chi connectivity index (χ3v) is 5.19. The molecule has 0 bridgehead atoms. The highest BCUT2D eigenvalue weighted by molar-refractivity contribution is 6.30. The number of nitrogens with one attached hydrogen (secondary N) is 1. The minimum absolute atomic E-state index is 0.389. The van der Waals surface area contributed by atoms with Gasteiger partial charge in [0.2, 0.25) is 0 Å². The molecule has 1 unspecified atom stereocenters. The highest BCUT2D eigenvalue weighted by Gasteiger charge is 2.32. The molecule has 2 fully saturated rings. The van der Waals surface area contributed by atoms with E-state index in [9.17, 15) is 0 Å². The fraction of sp³-hybridized carbons (Fsp3) is 0.667. The summed E-state index contributed by atoms with van der Waals surface area (Å²) in [7, 11) is 0. The molecular formula is C18H27ClN2. The van der Waals surface area contributed by atoms with Gasteiger partial charge in [0.15, 0.2) is 0 Å². The van der Waals surface area contributed by atoms with Gasteiger partial charge in [0.25, 0.3) is 0 Å². The molecule has 3 heteroatoms. The lowest BCUT2D eigenvalue weighted by molar-refractivity contribution is 0.263. The molecule has 1 atom stereocenters. The van der Waals surface area contributed by atoms with E-state index in [4.69, 9.17) is 11.6 Å². The smallest absolute Gasteiger partial charge is 0.0426 e. The van der Waals surface area contributed by atoms with Gasteiger partial charge in [-0.25, -0.2) is 0 Å². The van der Waals surface area contributed by atoms with E-state index in [1.54, 1.807) is 0 Å². The lowest BCUT2D eigenvalue weighted by atomic mass is 9.80. The molecule has 1 aliphatic heterocycles. The number of benzene rings is 1. The molecule has 1 saturated heterocycles. The van der Waals surface area contributed by atoms with Crippen molar-refractivity contribution in [2.45, 2.75) is 52.6 Å². The standard InChI is InChI=1S/C18H27ClN2/c1-18(2,3)14-8-9-21(12-14)17-10-15(19)5-4-13(17)11-20-16-6-7-16/h4-5,10,14,16,20H,6-9,11-12H2,1-3H3. The summed E-state index contributed by atoms with van der Waals surface area (Å²) in [4.78, 5) is 2.53. The van der Waals surface area contributed by atoms with Crippen LogP contribution in [0.2, 0.25) is 5.02 Å². The first-order valence-electron chi connectivity index (χ1n) is 8.20. The maximum absolute atomic E-state index is 6.25. The predicted octanol–water partition coefficient (Wildman–Crippen LogP) is 4.46. The van der Waals surface area contributed by atoms with Crippen LogP contribution in [0.25, 0.3) is 0 Å². The van der Waals surface area contributed by atoms with Gasteiger partial charge in [-0.05, 0) is 48.3 Å². The van der Waals surface area contributed by atoms with E-state index in [0.29, 0.717) is 5.41 Å². The summed E-state index contributed by atoms with van der Waals surface area (Å²) in [5, 5.41) is 4.47. The van der Waals surface area contributed by atoms with Gasteiger partial charge >= 0.3 is 0 Å². The van der Waals surface area contributed by atoms with Crippen LogP contribution in [0.4, 0.5) is 5.69 Å². The van der Waals surface area contributed by atoms with E-state index >= 15 is 0 Å². The van der Waals surface area contributed by atoms with Gasteiger partial charge in [-0.1, -0.05) is 38.4 Å². The van der Waals surface area contributed by atoms with Crippen molar-refractivity contribution < 1.29 is 0 Å². The first kappa shape index (κ1) is 15.2. The SMILES string of the molecule is CC(C)(C)C1CCN(c2cc(Cl)ccc2CNC2CC2)C1. The molecule has 3 rings (SSSR count). The molecule has 1 saturated carbocycles. The van der Waals surface area contributed by atoms with E-state index in [1.807, 2.05) is 6.07 Å². The summed E-state index contributed by atoms with van der Waals surface area (Å²) in [6.45, 7) is 10.3. The Balaban J connectivity index is 1.75. The Labute approximate surface area is 133 Å². The van der Waals surface area contributed by atoms with E-state index in [2.05, 4.69) is 43.1 Å². The molecule has 1 aromatic carbocycles. The molecule has 0 amide bonds. The van der Waals surface area contributed by atoms with Crippen LogP contribution in [-0.4, -0.2) is 19.1 Å². The molecule has 0 aromatic heterocycles. The number of rotatable bonds is 4. The highest BCUT2D eigenvalue weighted by atomic mass is 35.5. The third kappa shape index (κ3) is 3.73. The lowest BCUT2D eigenvalue weighted by Gasteiger charge is -2.28. The van der Waals surface area contributed by atoms with Crippen LogP contribution < -0.4 is 10.2 Å². The van der Waals surface area contributed by atoms with Crippen molar-refractivity contribution in [3.05, 3.63) is 28.8 Å². The van der Waals surface area contributed by atoms with Crippen molar-refractivity contribution in [1.82, 2.24) is 5.32 Å². The van der Waals surface area contributed by atoms with Crippen molar-refractivity contribution in [1.29, 1.82) is 0 Å². The summed E-state index contributed by atoms with van der Waals surface area (Å²) in [5.41, 5.74) is 3.11. The summed E-state index contributed by atoms with van der Waals surface area (Å²) in [6, 6.07) is 7.11. The second-order valence-electron chi connectivity index (χ2n) is 7.73. The monoisotopic (exact) mass is 306 g/mol. The van der Waals surface area contributed by atoms with Gasteiger partial charge in [-0.15, -0.1) is 0 Å². The number of anilines is 1. The van der Waals surface area contributed by atoms with Crippen molar-refractivity contribution in [2.75, 3.05) is 18.0 Å². The molecule has 1 aromatic rings. The minimum Gasteiger partial charge on any atom is -0.371 e. The zero-order valence-electron chi connectivity index (χ0n) is 13.5. The number of halogens is 1. The van der Waals surface area contributed by atoms with Crippen LogP contribution in [-0.2, 0) is 6.54 Å². The second kappa shape index (κ2) is 5.81. The maximum Gasteiger partial charge on any atom is 0.0426 e. The van der Waals surface area contributed by atoms with Crippen LogP contribution in [0.5, 0.6) is 0 Å². The van der Waals surface area contributed by atoms with Gasteiger partial charge in [0, 0.05) is 36.4 Å². The third-order valence-electron chi connectivity index (χ3n) is 4.96. The normalized spacial score (nSPS) is 22.9. The maximum atomic E-state index is 6.25. The Morgan fingerprint density at radius 2 is 2.00 bits per heavy atom. The van der Waals surface area contributed by atoms with Crippen LogP contribution in [0.3, 0.4) is 0 Å². The molecule has 1 aliphatic carbocycles. The first-order valence-corrected chi connectivity index (χ1v) is 8.58. The van der Waals surface area contributed by atoms with E-state index < -0.39 is 0 Å². The average Bonchev–Trinajstić information content (AvgIpc) is 3.10. The number of nitrogens with zero attached hydrogens (tertiary/aromatic N) is 1. The van der Waals surface area contributed by atoms with Crippen molar-refractivity contribution in [3.63, 3.8) is 0 Å². The number of hydrogen-bond acceptors (Lipinski definition) is 2. The van der Waals surface area contributed by atoms with Gasteiger partial charge in [-0.3, -0.25) is 0 Å². The molecule has 116 valence electrons. The largest absolute Gasteiger partial charge is 0.371 e. The lowest BCUT2D eigenvalue weighted by Crippen LogP contribution is -2.27. The van der Waals surface area contributed by atoms with Crippen LogP contribution in [0, 0.1) is 11.3 Å². The van der Waals surface area contributed by atoms with E-state index in [0.717, 1.165) is 36.6 Å². The molecule has 0 spiro atoms. The molecule has 1 N–H and O–H groups in total. The zero-order valence-corrected chi connectivity index (χ0v) is 14.2.